The second kappa shape index (κ2) is 7.70. The van der Waals surface area contributed by atoms with E-state index in [1.54, 1.807) is 24.3 Å². The fourth-order valence-electron chi connectivity index (χ4n) is 2.78. The molecule has 0 unspecified atom stereocenters. The van der Waals surface area contributed by atoms with Crippen LogP contribution >= 0.6 is 0 Å². The summed E-state index contributed by atoms with van der Waals surface area (Å²) in [7, 11) is 0. The maximum atomic E-state index is 12.4. The van der Waals surface area contributed by atoms with E-state index in [-0.39, 0.29) is 23.9 Å². The molecule has 1 atom stereocenters. The van der Waals surface area contributed by atoms with E-state index in [0.29, 0.717) is 17.4 Å². The van der Waals surface area contributed by atoms with E-state index < -0.39 is 0 Å². The van der Waals surface area contributed by atoms with Crippen LogP contribution in [-0.2, 0) is 11.3 Å². The largest absolute Gasteiger partial charge is 0.354 e. The highest BCUT2D eigenvalue weighted by atomic mass is 16.2. The molecule has 0 bridgehead atoms. The Morgan fingerprint density at radius 1 is 1.12 bits per heavy atom. The number of rotatable bonds is 6. The first-order chi connectivity index (χ1) is 12.2. The molecule has 3 rings (SSSR count). The topological polar surface area (TPSA) is 76.9 Å². The van der Waals surface area contributed by atoms with Crippen LogP contribution < -0.4 is 10.9 Å². The smallest absolute Gasteiger partial charge is 0.278 e. The van der Waals surface area contributed by atoms with Crippen molar-refractivity contribution in [2.75, 3.05) is 6.54 Å². The summed E-state index contributed by atoms with van der Waals surface area (Å²) >= 11 is 0. The van der Waals surface area contributed by atoms with Gasteiger partial charge in [-0.3, -0.25) is 9.59 Å². The molecule has 0 aliphatic heterocycles. The Bertz CT molecular complexity index is 921. The first kappa shape index (κ1) is 16.8. The van der Waals surface area contributed by atoms with Gasteiger partial charge in [-0.05, 0) is 24.1 Å². The number of aromatic nitrogens is 3. The molecule has 6 nitrogen and oxygen atoms in total. The molecule has 0 saturated carbocycles. The molecular formula is C19H20N4O2. The van der Waals surface area contributed by atoms with Crippen molar-refractivity contribution in [3.05, 3.63) is 70.5 Å². The molecule has 1 aromatic heterocycles. The predicted molar refractivity (Wildman–Crippen MR) is 96.3 cm³/mol. The lowest BCUT2D eigenvalue weighted by atomic mass is 9.96. The molecule has 25 heavy (non-hydrogen) atoms. The highest BCUT2D eigenvalue weighted by Crippen LogP contribution is 2.17. The average Bonchev–Trinajstić information content (AvgIpc) is 2.66. The minimum Gasteiger partial charge on any atom is -0.354 e. The van der Waals surface area contributed by atoms with Crippen LogP contribution in [-0.4, -0.2) is 27.4 Å². The predicted octanol–water partition coefficient (Wildman–Crippen LogP) is 2.10. The number of nitrogens with one attached hydrogen (secondary N) is 1. The third kappa shape index (κ3) is 3.91. The Kier molecular flexibility index (Phi) is 5.18. The second-order valence-corrected chi connectivity index (χ2v) is 5.89. The molecule has 0 fully saturated rings. The zero-order valence-corrected chi connectivity index (χ0v) is 14.1. The normalized spacial score (nSPS) is 12.0. The molecular weight excluding hydrogens is 316 g/mol. The summed E-state index contributed by atoms with van der Waals surface area (Å²) in [6, 6.07) is 17.0. The zero-order valence-electron chi connectivity index (χ0n) is 14.1. The molecule has 0 radical (unpaired) electrons. The van der Waals surface area contributed by atoms with Crippen molar-refractivity contribution in [2.45, 2.75) is 25.8 Å². The van der Waals surface area contributed by atoms with E-state index in [1.807, 2.05) is 18.2 Å². The third-order valence-corrected chi connectivity index (χ3v) is 4.23. The van der Waals surface area contributed by atoms with Gasteiger partial charge in [-0.15, -0.1) is 5.10 Å². The van der Waals surface area contributed by atoms with E-state index in [0.717, 1.165) is 11.1 Å². The van der Waals surface area contributed by atoms with Crippen molar-refractivity contribution in [1.29, 1.82) is 0 Å². The summed E-state index contributed by atoms with van der Waals surface area (Å²) < 4.78 is 1.10. The standard InChI is InChI=1S/C19H20N4O2/c1-2-14(15-8-4-3-5-9-15)12-20-18(24)13-23-19(25)16-10-6-7-11-17(16)21-22-23/h3-11,14H,2,12-13H2,1H3,(H,20,24)/t14-/m0/s1. The van der Waals surface area contributed by atoms with Gasteiger partial charge in [0, 0.05) is 12.5 Å². The Morgan fingerprint density at radius 2 is 1.84 bits per heavy atom. The number of carbonyl (C=O) groups excluding carboxylic acids is 1. The Labute approximate surface area is 145 Å². The van der Waals surface area contributed by atoms with Gasteiger partial charge in [0.1, 0.15) is 12.1 Å². The molecule has 0 saturated heterocycles. The first-order valence-corrected chi connectivity index (χ1v) is 8.33. The molecule has 2 aromatic carbocycles. The van der Waals surface area contributed by atoms with Crippen molar-refractivity contribution in [3.63, 3.8) is 0 Å². The Hall–Kier alpha value is -3.02. The fraction of sp³-hybridized carbons (Fsp3) is 0.263. The van der Waals surface area contributed by atoms with Gasteiger partial charge in [-0.25, -0.2) is 4.68 Å². The van der Waals surface area contributed by atoms with E-state index in [4.69, 9.17) is 0 Å². The highest BCUT2D eigenvalue weighted by Gasteiger charge is 2.13. The third-order valence-electron chi connectivity index (χ3n) is 4.23. The van der Waals surface area contributed by atoms with Crippen LogP contribution in [0, 0.1) is 0 Å². The number of nitrogens with zero attached hydrogens (tertiary/aromatic N) is 3. The summed E-state index contributed by atoms with van der Waals surface area (Å²) in [6.07, 6.45) is 0.917. The van der Waals surface area contributed by atoms with Crippen molar-refractivity contribution in [1.82, 2.24) is 20.3 Å². The van der Waals surface area contributed by atoms with E-state index in [9.17, 15) is 9.59 Å². The lowest BCUT2D eigenvalue weighted by Crippen LogP contribution is -2.36. The van der Waals surface area contributed by atoms with Crippen molar-refractivity contribution >= 4 is 16.8 Å². The number of carbonyl (C=O) groups is 1. The SMILES string of the molecule is CC[C@@H](CNC(=O)Cn1nnc2ccccc2c1=O)c1ccccc1. The minimum absolute atomic E-state index is 0.137. The van der Waals surface area contributed by atoms with Gasteiger partial charge in [0.2, 0.25) is 5.91 Å². The fourth-order valence-corrected chi connectivity index (χ4v) is 2.78. The molecule has 1 amide bonds. The molecule has 1 heterocycles. The highest BCUT2D eigenvalue weighted by molar-refractivity contribution is 5.78. The molecule has 0 aliphatic rings. The van der Waals surface area contributed by atoms with E-state index >= 15 is 0 Å². The van der Waals surface area contributed by atoms with Gasteiger partial charge >= 0.3 is 0 Å². The van der Waals surface area contributed by atoms with Gasteiger partial charge in [0.25, 0.3) is 5.56 Å². The molecule has 1 N–H and O–H groups in total. The molecule has 6 heteroatoms. The van der Waals surface area contributed by atoms with Crippen LogP contribution in [0.1, 0.15) is 24.8 Å². The number of fused-ring (bicyclic) bond motifs is 1. The van der Waals surface area contributed by atoms with E-state index in [1.165, 1.54) is 5.56 Å². The summed E-state index contributed by atoms with van der Waals surface area (Å²) in [6.45, 7) is 2.47. The molecule has 128 valence electrons. The monoisotopic (exact) mass is 336 g/mol. The van der Waals surface area contributed by atoms with Crippen LogP contribution in [0.3, 0.4) is 0 Å². The van der Waals surface area contributed by atoms with Crippen molar-refractivity contribution in [2.24, 2.45) is 0 Å². The van der Waals surface area contributed by atoms with Crippen molar-refractivity contribution in [3.8, 4) is 0 Å². The lowest BCUT2D eigenvalue weighted by Gasteiger charge is -2.16. The van der Waals surface area contributed by atoms with Crippen LogP contribution in [0.25, 0.3) is 10.9 Å². The first-order valence-electron chi connectivity index (χ1n) is 8.33. The summed E-state index contributed by atoms with van der Waals surface area (Å²) in [5.41, 5.74) is 1.41. The van der Waals surface area contributed by atoms with Gasteiger partial charge in [0.15, 0.2) is 0 Å². The van der Waals surface area contributed by atoms with Gasteiger partial charge in [-0.2, -0.15) is 0 Å². The van der Waals surface area contributed by atoms with Crippen LogP contribution in [0.4, 0.5) is 0 Å². The number of benzene rings is 2. The second-order valence-electron chi connectivity index (χ2n) is 5.89. The van der Waals surface area contributed by atoms with Gasteiger partial charge < -0.3 is 5.32 Å². The molecule has 0 spiro atoms. The molecule has 0 aliphatic carbocycles. The Morgan fingerprint density at radius 3 is 2.60 bits per heavy atom. The number of hydrogen-bond acceptors (Lipinski definition) is 4. The summed E-state index contributed by atoms with van der Waals surface area (Å²) in [4.78, 5) is 24.6. The Balaban J connectivity index is 1.67. The van der Waals surface area contributed by atoms with Crippen LogP contribution in [0.5, 0.6) is 0 Å². The quantitative estimate of drug-likeness (QED) is 0.748. The van der Waals surface area contributed by atoms with Crippen molar-refractivity contribution < 1.29 is 4.79 Å². The van der Waals surface area contributed by atoms with Gasteiger partial charge in [0.05, 0.1) is 5.39 Å². The number of amides is 1. The minimum atomic E-state index is -0.309. The van der Waals surface area contributed by atoms with Crippen LogP contribution in [0.15, 0.2) is 59.4 Å². The average molecular weight is 336 g/mol. The maximum absolute atomic E-state index is 12.4. The zero-order chi connectivity index (χ0) is 17.6. The number of hydrogen-bond donors (Lipinski definition) is 1. The molecule has 3 aromatic rings. The lowest BCUT2D eigenvalue weighted by molar-refractivity contribution is -0.122. The maximum Gasteiger partial charge on any atom is 0.278 e. The van der Waals surface area contributed by atoms with E-state index in [2.05, 4.69) is 34.7 Å². The summed E-state index contributed by atoms with van der Waals surface area (Å²) in [5, 5.41) is 11.2. The summed E-state index contributed by atoms with van der Waals surface area (Å²) in [5.74, 6) is -0.00868. The van der Waals surface area contributed by atoms with Gasteiger partial charge in [-0.1, -0.05) is 54.6 Å². The van der Waals surface area contributed by atoms with Crippen LogP contribution in [0.2, 0.25) is 0 Å².